The number of carbonyl (C=O) groups excluding carboxylic acids is 2. The Kier molecular flexibility index (Phi) is 6.87. The van der Waals surface area contributed by atoms with Gasteiger partial charge in [-0.15, -0.1) is 12.6 Å². The van der Waals surface area contributed by atoms with Gasteiger partial charge in [0.1, 0.15) is 11.9 Å². The first kappa shape index (κ1) is 24.5. The van der Waals surface area contributed by atoms with Gasteiger partial charge in [-0.3, -0.25) is 10.1 Å². The molecule has 37 heavy (non-hydrogen) atoms. The number of hydrogen-bond acceptors (Lipinski definition) is 7. The molecule has 0 spiro atoms. The Balaban J connectivity index is 1.50. The third kappa shape index (κ3) is 5.46. The van der Waals surface area contributed by atoms with Crippen molar-refractivity contribution in [3.63, 3.8) is 0 Å². The van der Waals surface area contributed by atoms with Crippen molar-refractivity contribution in [2.75, 3.05) is 23.0 Å². The molecule has 1 aromatic heterocycles. The van der Waals surface area contributed by atoms with Crippen molar-refractivity contribution in [2.45, 2.75) is 30.8 Å². The predicted octanol–water partition coefficient (Wildman–Crippen LogP) is 4.99. The number of ether oxygens (including phenoxy) is 1. The molecule has 3 heterocycles. The van der Waals surface area contributed by atoms with Crippen LogP contribution in [0.1, 0.15) is 28.3 Å². The summed E-state index contributed by atoms with van der Waals surface area (Å²) in [6, 6.07) is 18.2. The van der Waals surface area contributed by atoms with Crippen LogP contribution in [0.4, 0.5) is 22.0 Å². The van der Waals surface area contributed by atoms with Crippen LogP contribution < -0.4 is 21.7 Å². The van der Waals surface area contributed by atoms with Crippen molar-refractivity contribution in [3.8, 4) is 0 Å². The van der Waals surface area contributed by atoms with Crippen LogP contribution in [0.5, 0.6) is 0 Å². The summed E-state index contributed by atoms with van der Waals surface area (Å²) in [4.78, 5) is 30.6. The van der Waals surface area contributed by atoms with E-state index in [0.29, 0.717) is 22.8 Å². The number of pyridine rings is 1. The number of nitrogens with two attached hydrogens (primary N) is 1. The number of nitrogens with zero attached hydrogens (tertiary/aromatic N) is 1. The normalized spacial score (nSPS) is 16.1. The average Bonchev–Trinajstić information content (AvgIpc) is 2.88. The maximum absolute atomic E-state index is 13.6. The van der Waals surface area contributed by atoms with Crippen molar-refractivity contribution in [1.82, 2.24) is 10.3 Å². The second kappa shape index (κ2) is 10.4. The van der Waals surface area contributed by atoms with Crippen LogP contribution in [0.15, 0.2) is 71.8 Å². The van der Waals surface area contributed by atoms with E-state index in [1.165, 1.54) is 0 Å². The number of aromatic nitrogens is 1. The molecule has 1 unspecified atom stereocenters. The molecule has 0 aliphatic carbocycles. The number of anilines is 3. The Bertz CT molecular complexity index is 1510. The molecular formula is C28H27N5O3S. The lowest BCUT2D eigenvalue weighted by atomic mass is 9.97. The Morgan fingerprint density at radius 3 is 2.76 bits per heavy atom. The average molecular weight is 514 g/mol. The zero-order chi connectivity index (χ0) is 25.9. The van der Waals surface area contributed by atoms with Crippen LogP contribution in [-0.4, -0.2) is 23.6 Å². The molecular weight excluding hydrogens is 486 g/mol. The molecule has 0 saturated carbocycles. The molecule has 4 aromatic rings. The van der Waals surface area contributed by atoms with Crippen molar-refractivity contribution < 1.29 is 14.3 Å². The summed E-state index contributed by atoms with van der Waals surface area (Å²) in [6.45, 7) is 2.46. The van der Waals surface area contributed by atoms with Gasteiger partial charge in [0, 0.05) is 40.8 Å². The van der Waals surface area contributed by atoms with Crippen LogP contribution in [0.2, 0.25) is 0 Å². The molecule has 2 aliphatic rings. The summed E-state index contributed by atoms with van der Waals surface area (Å²) >= 11 is 4.52. The Labute approximate surface area is 220 Å². The largest absolute Gasteiger partial charge is 0.449 e. The smallest absolute Gasteiger partial charge is 0.411 e. The van der Waals surface area contributed by atoms with Gasteiger partial charge in [0.25, 0.3) is 0 Å². The highest BCUT2D eigenvalue weighted by Crippen LogP contribution is 2.28. The second-order valence-corrected chi connectivity index (χ2v) is 9.45. The molecule has 0 radical (unpaired) electrons. The molecule has 1 atom stereocenters. The van der Waals surface area contributed by atoms with E-state index in [9.17, 15) is 9.59 Å². The SMILES string of the molecule is Cc1cc2ccc1CCOC(=O)Nc1ccc(S)c(c1)CNC(=O)C2Nc1ccc2c(N)nccc2c1. The van der Waals surface area contributed by atoms with Crippen molar-refractivity contribution >= 4 is 52.6 Å². The third-order valence-corrected chi connectivity index (χ3v) is 6.89. The lowest BCUT2D eigenvalue weighted by molar-refractivity contribution is -0.122. The first-order valence-corrected chi connectivity index (χ1v) is 12.4. The molecule has 3 aromatic carbocycles. The van der Waals surface area contributed by atoms with E-state index in [0.717, 1.165) is 38.7 Å². The van der Waals surface area contributed by atoms with E-state index < -0.39 is 12.1 Å². The number of amides is 2. The molecule has 5 N–H and O–H groups in total. The fraction of sp³-hybridized carbons (Fsp3) is 0.179. The molecule has 2 aliphatic heterocycles. The number of thiol groups is 1. The fourth-order valence-electron chi connectivity index (χ4n) is 4.43. The van der Waals surface area contributed by atoms with Gasteiger partial charge in [0.2, 0.25) is 5.91 Å². The van der Waals surface area contributed by atoms with Gasteiger partial charge in [-0.1, -0.05) is 18.2 Å². The van der Waals surface area contributed by atoms with E-state index in [1.807, 2.05) is 49.4 Å². The van der Waals surface area contributed by atoms with Gasteiger partial charge in [-0.2, -0.15) is 0 Å². The zero-order valence-corrected chi connectivity index (χ0v) is 21.1. The molecule has 0 saturated heterocycles. The van der Waals surface area contributed by atoms with Crippen LogP contribution in [0.25, 0.3) is 10.8 Å². The first-order valence-electron chi connectivity index (χ1n) is 11.9. The lowest BCUT2D eigenvalue weighted by Crippen LogP contribution is -2.33. The number of fused-ring (bicyclic) bond motifs is 10. The third-order valence-electron chi connectivity index (χ3n) is 6.45. The van der Waals surface area contributed by atoms with E-state index in [2.05, 4.69) is 33.6 Å². The van der Waals surface area contributed by atoms with Crippen molar-refractivity contribution in [3.05, 3.63) is 89.1 Å². The van der Waals surface area contributed by atoms with Crippen molar-refractivity contribution in [1.29, 1.82) is 0 Å². The number of carbonyl (C=O) groups is 2. The summed E-state index contributed by atoms with van der Waals surface area (Å²) in [5, 5.41) is 10.9. The lowest BCUT2D eigenvalue weighted by Gasteiger charge is -2.22. The number of nitrogens with one attached hydrogen (secondary N) is 3. The molecule has 9 heteroatoms. The molecule has 2 amide bonds. The topological polar surface area (TPSA) is 118 Å². The number of rotatable bonds is 2. The zero-order valence-electron chi connectivity index (χ0n) is 20.2. The number of nitrogen functional groups attached to an aromatic ring is 1. The van der Waals surface area contributed by atoms with Crippen LogP contribution >= 0.6 is 12.6 Å². The Morgan fingerprint density at radius 2 is 1.92 bits per heavy atom. The summed E-state index contributed by atoms with van der Waals surface area (Å²) in [5.74, 6) is 0.266. The Morgan fingerprint density at radius 1 is 1.05 bits per heavy atom. The minimum Gasteiger partial charge on any atom is -0.449 e. The second-order valence-electron chi connectivity index (χ2n) is 8.97. The summed E-state index contributed by atoms with van der Waals surface area (Å²) in [7, 11) is 0. The van der Waals surface area contributed by atoms with Gasteiger partial charge in [-0.05, 0) is 77.0 Å². The fourth-order valence-corrected chi connectivity index (χ4v) is 4.65. The monoisotopic (exact) mass is 513 g/mol. The molecule has 0 fully saturated rings. The van der Waals surface area contributed by atoms with Gasteiger partial charge < -0.3 is 21.1 Å². The van der Waals surface area contributed by atoms with E-state index in [1.54, 1.807) is 24.4 Å². The van der Waals surface area contributed by atoms with Gasteiger partial charge in [0.05, 0.1) is 6.61 Å². The van der Waals surface area contributed by atoms with Gasteiger partial charge in [-0.25, -0.2) is 9.78 Å². The number of aryl methyl sites for hydroxylation is 1. The van der Waals surface area contributed by atoms with E-state index >= 15 is 0 Å². The van der Waals surface area contributed by atoms with Crippen LogP contribution in [-0.2, 0) is 22.5 Å². The number of benzene rings is 3. The summed E-state index contributed by atoms with van der Waals surface area (Å²) in [6.07, 6.45) is 1.70. The molecule has 6 rings (SSSR count). The van der Waals surface area contributed by atoms with E-state index in [4.69, 9.17) is 10.5 Å². The highest BCUT2D eigenvalue weighted by atomic mass is 32.1. The predicted molar refractivity (Wildman–Crippen MR) is 148 cm³/mol. The van der Waals surface area contributed by atoms with E-state index in [-0.39, 0.29) is 19.1 Å². The molecule has 4 bridgehead atoms. The first-order chi connectivity index (χ1) is 17.9. The minimum atomic E-state index is -0.653. The number of hydrogen-bond donors (Lipinski definition) is 5. The summed E-state index contributed by atoms with van der Waals surface area (Å²) in [5.41, 5.74) is 11.0. The maximum atomic E-state index is 13.6. The van der Waals surface area contributed by atoms with Crippen LogP contribution in [0, 0.1) is 6.92 Å². The highest BCUT2D eigenvalue weighted by molar-refractivity contribution is 7.80. The van der Waals surface area contributed by atoms with Crippen molar-refractivity contribution in [2.24, 2.45) is 0 Å². The van der Waals surface area contributed by atoms with Gasteiger partial charge in [0.15, 0.2) is 0 Å². The molecule has 8 nitrogen and oxygen atoms in total. The molecule has 188 valence electrons. The highest BCUT2D eigenvalue weighted by Gasteiger charge is 2.22. The summed E-state index contributed by atoms with van der Waals surface area (Å²) < 4.78 is 5.38. The van der Waals surface area contributed by atoms with Crippen LogP contribution in [0.3, 0.4) is 0 Å². The minimum absolute atomic E-state index is 0.195. The standard InChI is InChI=1S/C28H27N5O3S/c1-16-12-19-3-2-17(16)9-11-36-28(35)33-22-5-7-24(37)20(14-22)15-31-27(34)25(19)32-21-4-6-23-18(13-21)8-10-30-26(23)29/h2-8,10,12-14,25,32,37H,9,11,15H2,1H3,(H2,29,30)(H,31,34)(H,33,35). The quantitative estimate of drug-likeness (QED) is 0.241. The Hall–Kier alpha value is -4.24. The van der Waals surface area contributed by atoms with Gasteiger partial charge >= 0.3 is 6.09 Å². The maximum Gasteiger partial charge on any atom is 0.411 e.